The van der Waals surface area contributed by atoms with Crippen molar-refractivity contribution in [2.24, 2.45) is 0 Å². The average molecular weight is 457 g/mol. The zero-order valence-corrected chi connectivity index (χ0v) is 18.5. The Bertz CT molecular complexity index is 1270. The number of amides is 1. The fourth-order valence-electron chi connectivity index (χ4n) is 3.25. The molecular weight excluding hydrogens is 436 g/mol. The van der Waals surface area contributed by atoms with Crippen molar-refractivity contribution < 1.29 is 22.7 Å². The SMILES string of the molecule is COc1ccc(CNS(=O)(=O)c2ccc3c(c2)/C(=C/c2cccs2)C(=O)N3)cc1OC. The maximum absolute atomic E-state index is 12.9. The third-order valence-corrected chi connectivity index (χ3v) is 7.05. The van der Waals surface area contributed by atoms with Gasteiger partial charge < -0.3 is 14.8 Å². The highest BCUT2D eigenvalue weighted by Gasteiger charge is 2.26. The molecule has 2 aromatic carbocycles. The average Bonchev–Trinajstić information content (AvgIpc) is 3.40. The second-order valence-electron chi connectivity index (χ2n) is 6.75. The summed E-state index contributed by atoms with van der Waals surface area (Å²) in [5, 5.41) is 4.69. The highest BCUT2D eigenvalue weighted by Crippen LogP contribution is 2.35. The molecule has 0 unspecified atom stereocenters. The number of thiophene rings is 1. The van der Waals surface area contributed by atoms with E-state index in [1.165, 1.54) is 37.7 Å². The Kier molecular flexibility index (Phi) is 5.81. The normalized spacial score (nSPS) is 14.4. The number of methoxy groups -OCH3 is 2. The molecular formula is C22H20N2O5S2. The Morgan fingerprint density at radius 3 is 2.58 bits per heavy atom. The summed E-state index contributed by atoms with van der Waals surface area (Å²) in [6.07, 6.45) is 1.76. The van der Waals surface area contributed by atoms with Crippen LogP contribution in [0.15, 0.2) is 58.8 Å². The van der Waals surface area contributed by atoms with E-state index in [-0.39, 0.29) is 17.3 Å². The van der Waals surface area contributed by atoms with Crippen LogP contribution in [0.3, 0.4) is 0 Å². The molecule has 9 heteroatoms. The van der Waals surface area contributed by atoms with Gasteiger partial charge in [0.05, 0.1) is 24.7 Å². The minimum Gasteiger partial charge on any atom is -0.493 e. The van der Waals surface area contributed by atoms with Crippen LogP contribution in [0.1, 0.15) is 16.0 Å². The molecule has 0 spiro atoms. The number of nitrogens with one attached hydrogen (secondary N) is 2. The molecule has 0 saturated heterocycles. The van der Waals surface area contributed by atoms with E-state index in [9.17, 15) is 13.2 Å². The lowest BCUT2D eigenvalue weighted by molar-refractivity contribution is -0.110. The van der Waals surface area contributed by atoms with Crippen LogP contribution < -0.4 is 19.5 Å². The van der Waals surface area contributed by atoms with Gasteiger partial charge in [-0.1, -0.05) is 12.1 Å². The van der Waals surface area contributed by atoms with Crippen molar-refractivity contribution in [3.05, 3.63) is 69.9 Å². The number of ether oxygens (including phenoxy) is 2. The van der Waals surface area contributed by atoms with Gasteiger partial charge in [0.1, 0.15) is 0 Å². The predicted molar refractivity (Wildman–Crippen MR) is 121 cm³/mol. The third-order valence-electron chi connectivity index (χ3n) is 4.83. The first kappa shape index (κ1) is 21.1. The Morgan fingerprint density at radius 1 is 1.06 bits per heavy atom. The summed E-state index contributed by atoms with van der Waals surface area (Å²) in [6.45, 7) is 0.0782. The van der Waals surface area contributed by atoms with Crippen LogP contribution in [0.4, 0.5) is 5.69 Å². The molecule has 0 saturated carbocycles. The van der Waals surface area contributed by atoms with Gasteiger partial charge in [0.2, 0.25) is 10.0 Å². The van der Waals surface area contributed by atoms with Gasteiger partial charge in [-0.3, -0.25) is 4.79 Å². The minimum absolute atomic E-state index is 0.0782. The van der Waals surface area contributed by atoms with E-state index in [4.69, 9.17) is 9.47 Å². The molecule has 4 rings (SSSR count). The van der Waals surface area contributed by atoms with Gasteiger partial charge in [0.15, 0.2) is 11.5 Å². The first-order chi connectivity index (χ1) is 14.9. The van der Waals surface area contributed by atoms with Gasteiger partial charge in [0.25, 0.3) is 5.91 Å². The summed E-state index contributed by atoms with van der Waals surface area (Å²) < 4.78 is 38.9. The van der Waals surface area contributed by atoms with E-state index in [1.54, 1.807) is 30.3 Å². The molecule has 2 heterocycles. The first-order valence-corrected chi connectivity index (χ1v) is 11.7. The Labute approximate surface area is 184 Å². The number of sulfonamides is 1. The largest absolute Gasteiger partial charge is 0.493 e. The Balaban J connectivity index is 1.59. The van der Waals surface area contributed by atoms with Crippen molar-refractivity contribution >= 4 is 44.6 Å². The topological polar surface area (TPSA) is 93.7 Å². The van der Waals surface area contributed by atoms with Crippen LogP contribution >= 0.6 is 11.3 Å². The zero-order valence-electron chi connectivity index (χ0n) is 16.8. The molecule has 31 heavy (non-hydrogen) atoms. The summed E-state index contributed by atoms with van der Waals surface area (Å²) >= 11 is 1.50. The fourth-order valence-corrected chi connectivity index (χ4v) is 4.95. The molecule has 0 atom stereocenters. The molecule has 1 aromatic heterocycles. The van der Waals surface area contributed by atoms with Crippen molar-refractivity contribution in [2.45, 2.75) is 11.4 Å². The predicted octanol–water partition coefficient (Wildman–Crippen LogP) is 3.74. The van der Waals surface area contributed by atoms with Gasteiger partial charge in [-0.15, -0.1) is 11.3 Å². The van der Waals surface area contributed by atoms with Crippen LogP contribution in [0, 0.1) is 0 Å². The molecule has 2 N–H and O–H groups in total. The van der Waals surface area contributed by atoms with Gasteiger partial charge in [0, 0.05) is 22.7 Å². The van der Waals surface area contributed by atoms with Gasteiger partial charge in [-0.25, -0.2) is 13.1 Å². The first-order valence-electron chi connectivity index (χ1n) is 9.33. The van der Waals surface area contributed by atoms with Crippen LogP contribution in [-0.4, -0.2) is 28.5 Å². The van der Waals surface area contributed by atoms with E-state index in [1.807, 2.05) is 17.5 Å². The lowest BCUT2D eigenvalue weighted by Gasteiger charge is -2.11. The van der Waals surface area contributed by atoms with E-state index < -0.39 is 10.0 Å². The quantitative estimate of drug-likeness (QED) is 0.529. The Hall–Kier alpha value is -3.14. The van der Waals surface area contributed by atoms with Crippen molar-refractivity contribution in [3.8, 4) is 11.5 Å². The number of fused-ring (bicyclic) bond motifs is 1. The third kappa shape index (κ3) is 4.34. The molecule has 1 amide bonds. The highest BCUT2D eigenvalue weighted by molar-refractivity contribution is 7.89. The van der Waals surface area contributed by atoms with Crippen LogP contribution in [0.2, 0.25) is 0 Å². The van der Waals surface area contributed by atoms with E-state index in [0.29, 0.717) is 28.3 Å². The molecule has 0 radical (unpaired) electrons. The molecule has 160 valence electrons. The van der Waals surface area contributed by atoms with Gasteiger partial charge in [-0.05, 0) is 53.4 Å². The molecule has 7 nitrogen and oxygen atoms in total. The summed E-state index contributed by atoms with van der Waals surface area (Å²) in [4.78, 5) is 13.4. The molecule has 1 aliphatic rings. The molecule has 0 bridgehead atoms. The standard InChI is InChI=1S/C22H20N2O5S2/c1-28-20-8-5-14(10-21(20)29-2)13-23-31(26,27)16-6-7-19-17(12-16)18(22(25)24-19)11-15-4-3-9-30-15/h3-12,23H,13H2,1-2H3,(H,24,25)/b18-11-. The Morgan fingerprint density at radius 2 is 1.87 bits per heavy atom. The maximum Gasteiger partial charge on any atom is 0.256 e. The van der Waals surface area contributed by atoms with E-state index in [2.05, 4.69) is 10.0 Å². The number of carbonyl (C=O) groups is 1. The minimum atomic E-state index is -3.80. The lowest BCUT2D eigenvalue weighted by Crippen LogP contribution is -2.23. The summed E-state index contributed by atoms with van der Waals surface area (Å²) in [5.41, 5.74) is 2.31. The monoisotopic (exact) mass is 456 g/mol. The maximum atomic E-state index is 12.9. The van der Waals surface area contributed by atoms with Crippen molar-refractivity contribution in [1.82, 2.24) is 4.72 Å². The summed E-state index contributed by atoms with van der Waals surface area (Å²) in [7, 11) is -0.747. The second-order valence-corrected chi connectivity index (χ2v) is 9.50. The highest BCUT2D eigenvalue weighted by atomic mass is 32.2. The fraction of sp³-hybridized carbons (Fsp3) is 0.136. The van der Waals surface area contributed by atoms with Crippen molar-refractivity contribution in [3.63, 3.8) is 0 Å². The molecule has 1 aliphatic heterocycles. The van der Waals surface area contributed by atoms with E-state index >= 15 is 0 Å². The molecule has 3 aromatic rings. The number of anilines is 1. The molecule has 0 fully saturated rings. The molecule has 0 aliphatic carbocycles. The number of rotatable bonds is 7. The number of benzene rings is 2. The number of hydrogen-bond donors (Lipinski definition) is 2. The number of hydrogen-bond acceptors (Lipinski definition) is 6. The lowest BCUT2D eigenvalue weighted by atomic mass is 10.1. The van der Waals surface area contributed by atoms with Crippen molar-refractivity contribution in [2.75, 3.05) is 19.5 Å². The zero-order chi connectivity index (χ0) is 22.0. The summed E-state index contributed by atoms with van der Waals surface area (Å²) in [6, 6.07) is 13.6. The van der Waals surface area contributed by atoms with Gasteiger partial charge in [-0.2, -0.15) is 0 Å². The summed E-state index contributed by atoms with van der Waals surface area (Å²) in [5.74, 6) is 0.830. The van der Waals surface area contributed by atoms with Crippen LogP contribution in [0.25, 0.3) is 11.6 Å². The van der Waals surface area contributed by atoms with E-state index in [0.717, 1.165) is 10.4 Å². The van der Waals surface area contributed by atoms with Crippen LogP contribution in [-0.2, 0) is 21.4 Å². The van der Waals surface area contributed by atoms with Crippen molar-refractivity contribution in [1.29, 1.82) is 0 Å². The van der Waals surface area contributed by atoms with Crippen LogP contribution in [0.5, 0.6) is 11.5 Å². The van der Waals surface area contributed by atoms with Gasteiger partial charge >= 0.3 is 0 Å². The second kappa shape index (κ2) is 8.54. The smallest absolute Gasteiger partial charge is 0.256 e. The number of carbonyl (C=O) groups excluding carboxylic acids is 1.